The van der Waals surface area contributed by atoms with E-state index in [-0.39, 0.29) is 11.9 Å². The molecule has 1 N–H and O–H groups in total. The summed E-state index contributed by atoms with van der Waals surface area (Å²) in [7, 11) is -2.83. The van der Waals surface area contributed by atoms with Gasteiger partial charge in [-0.25, -0.2) is 8.42 Å². The molecule has 0 saturated carbocycles. The van der Waals surface area contributed by atoms with Gasteiger partial charge in [0.1, 0.15) is 9.84 Å². The number of sulfone groups is 1. The second-order valence-corrected chi connectivity index (χ2v) is 7.58. The largest absolute Gasteiger partial charge is 0.374 e. The topological polar surface area (TPSA) is 55.4 Å². The van der Waals surface area contributed by atoms with Crippen LogP contribution in [0.15, 0.2) is 0 Å². The van der Waals surface area contributed by atoms with E-state index in [0.717, 1.165) is 32.2 Å². The van der Waals surface area contributed by atoms with E-state index < -0.39 is 9.84 Å². The molecular formula is C13H27NO3S. The molecule has 1 aliphatic rings. The van der Waals surface area contributed by atoms with Crippen molar-refractivity contribution < 1.29 is 13.2 Å². The molecule has 5 heteroatoms. The maximum absolute atomic E-state index is 11.5. The van der Waals surface area contributed by atoms with Crippen LogP contribution in [0.4, 0.5) is 0 Å². The van der Waals surface area contributed by atoms with Crippen LogP contribution in [0.5, 0.6) is 0 Å². The summed E-state index contributed by atoms with van der Waals surface area (Å²) in [4.78, 5) is 0. The summed E-state index contributed by atoms with van der Waals surface area (Å²) in [6, 6.07) is 0.298. The van der Waals surface area contributed by atoms with Crippen molar-refractivity contribution in [2.75, 3.05) is 18.1 Å². The zero-order valence-corrected chi connectivity index (χ0v) is 12.6. The number of hydrogen-bond acceptors (Lipinski definition) is 4. The Morgan fingerprint density at radius 3 is 2.56 bits per heavy atom. The van der Waals surface area contributed by atoms with Crippen LogP contribution in [0, 0.1) is 0 Å². The van der Waals surface area contributed by atoms with Crippen molar-refractivity contribution in [1.29, 1.82) is 0 Å². The Balaban J connectivity index is 2.39. The van der Waals surface area contributed by atoms with Crippen molar-refractivity contribution in [2.45, 2.75) is 64.7 Å². The predicted molar refractivity (Wildman–Crippen MR) is 74.6 cm³/mol. The van der Waals surface area contributed by atoms with Crippen LogP contribution in [0.25, 0.3) is 0 Å². The van der Waals surface area contributed by atoms with Crippen molar-refractivity contribution in [2.24, 2.45) is 0 Å². The van der Waals surface area contributed by atoms with Gasteiger partial charge in [-0.2, -0.15) is 0 Å². The van der Waals surface area contributed by atoms with Crippen LogP contribution in [-0.2, 0) is 14.6 Å². The van der Waals surface area contributed by atoms with E-state index in [0.29, 0.717) is 17.9 Å². The molecule has 108 valence electrons. The van der Waals surface area contributed by atoms with Crippen molar-refractivity contribution in [1.82, 2.24) is 5.32 Å². The summed E-state index contributed by atoms with van der Waals surface area (Å²) in [6.45, 7) is 6.79. The minimum atomic E-state index is -2.83. The fraction of sp³-hybridized carbons (Fsp3) is 1.00. The number of ether oxygens (including phenoxy) is 1. The first-order valence-corrected chi connectivity index (χ1v) is 8.90. The van der Waals surface area contributed by atoms with E-state index in [1.54, 1.807) is 6.92 Å². The standard InChI is InChI=1S/C13H27NO3S/c1-4-14-12(13-9-8-11(3)17-13)7-6-10-18(15,16)5-2/h11-14H,4-10H2,1-3H3. The molecule has 0 amide bonds. The molecule has 0 aliphatic carbocycles. The molecule has 1 saturated heterocycles. The van der Waals surface area contributed by atoms with Gasteiger partial charge in [-0.3, -0.25) is 0 Å². The fourth-order valence-electron chi connectivity index (χ4n) is 2.48. The third-order valence-electron chi connectivity index (χ3n) is 3.59. The van der Waals surface area contributed by atoms with Crippen LogP contribution in [0.3, 0.4) is 0 Å². The van der Waals surface area contributed by atoms with Crippen LogP contribution in [-0.4, -0.2) is 44.7 Å². The normalized spacial score (nSPS) is 26.4. The molecule has 4 nitrogen and oxygen atoms in total. The van der Waals surface area contributed by atoms with E-state index in [4.69, 9.17) is 4.74 Å². The molecule has 0 aromatic carbocycles. The first-order chi connectivity index (χ1) is 8.48. The first-order valence-electron chi connectivity index (χ1n) is 7.07. The molecule has 1 fully saturated rings. The number of likely N-dealkylation sites (N-methyl/N-ethyl adjacent to an activating group) is 1. The van der Waals surface area contributed by atoms with Gasteiger partial charge in [0, 0.05) is 11.8 Å². The zero-order chi connectivity index (χ0) is 13.6. The van der Waals surface area contributed by atoms with Gasteiger partial charge >= 0.3 is 0 Å². The molecule has 0 aromatic rings. The van der Waals surface area contributed by atoms with E-state index >= 15 is 0 Å². The molecule has 18 heavy (non-hydrogen) atoms. The summed E-state index contributed by atoms with van der Waals surface area (Å²) < 4.78 is 28.8. The van der Waals surface area contributed by atoms with Crippen LogP contribution in [0.2, 0.25) is 0 Å². The average molecular weight is 277 g/mol. The number of hydrogen-bond donors (Lipinski definition) is 1. The molecule has 1 heterocycles. The highest BCUT2D eigenvalue weighted by molar-refractivity contribution is 7.91. The lowest BCUT2D eigenvalue weighted by molar-refractivity contribution is 0.0303. The lowest BCUT2D eigenvalue weighted by Crippen LogP contribution is -2.40. The van der Waals surface area contributed by atoms with Crippen LogP contribution in [0.1, 0.15) is 46.5 Å². The molecular weight excluding hydrogens is 250 g/mol. The predicted octanol–water partition coefficient (Wildman–Crippen LogP) is 1.75. The van der Waals surface area contributed by atoms with Gasteiger partial charge in [-0.1, -0.05) is 13.8 Å². The number of rotatable bonds is 8. The van der Waals surface area contributed by atoms with E-state index in [1.807, 2.05) is 0 Å². The van der Waals surface area contributed by atoms with Crippen LogP contribution >= 0.6 is 0 Å². The van der Waals surface area contributed by atoms with Crippen molar-refractivity contribution in [3.05, 3.63) is 0 Å². The summed E-state index contributed by atoms with van der Waals surface area (Å²) >= 11 is 0. The smallest absolute Gasteiger partial charge is 0.150 e. The number of nitrogens with one attached hydrogen (secondary N) is 1. The first kappa shape index (κ1) is 15.9. The summed E-state index contributed by atoms with van der Waals surface area (Å²) in [6.07, 6.45) is 4.39. The van der Waals surface area contributed by atoms with E-state index in [2.05, 4.69) is 19.2 Å². The third kappa shape index (κ3) is 5.24. The van der Waals surface area contributed by atoms with Gasteiger partial charge < -0.3 is 10.1 Å². The second-order valence-electron chi connectivity index (χ2n) is 5.11. The van der Waals surface area contributed by atoms with Gasteiger partial charge in [0.05, 0.1) is 18.0 Å². The van der Waals surface area contributed by atoms with Gasteiger partial charge in [-0.15, -0.1) is 0 Å². The highest BCUT2D eigenvalue weighted by Gasteiger charge is 2.28. The summed E-state index contributed by atoms with van der Waals surface area (Å²) in [5, 5.41) is 3.43. The molecule has 0 radical (unpaired) electrons. The molecule has 0 bridgehead atoms. The highest BCUT2D eigenvalue weighted by atomic mass is 32.2. The minimum Gasteiger partial charge on any atom is -0.374 e. The maximum Gasteiger partial charge on any atom is 0.150 e. The molecule has 3 atom stereocenters. The Morgan fingerprint density at radius 1 is 1.33 bits per heavy atom. The van der Waals surface area contributed by atoms with Crippen LogP contribution < -0.4 is 5.32 Å². The molecule has 0 spiro atoms. The Hall–Kier alpha value is -0.130. The quantitative estimate of drug-likeness (QED) is 0.734. The Labute approximate surface area is 111 Å². The van der Waals surface area contributed by atoms with Gasteiger partial charge in [0.2, 0.25) is 0 Å². The van der Waals surface area contributed by atoms with Gasteiger partial charge in [0.25, 0.3) is 0 Å². The lowest BCUT2D eigenvalue weighted by atomic mass is 10.0. The summed E-state index contributed by atoms with van der Waals surface area (Å²) in [5.74, 6) is 0.545. The molecule has 0 aromatic heterocycles. The SMILES string of the molecule is CCNC(CCCS(=O)(=O)CC)C1CCC(C)O1. The molecule has 1 aliphatic heterocycles. The summed E-state index contributed by atoms with van der Waals surface area (Å²) in [5.41, 5.74) is 0. The van der Waals surface area contributed by atoms with Crippen molar-refractivity contribution >= 4 is 9.84 Å². The monoisotopic (exact) mass is 277 g/mol. The van der Waals surface area contributed by atoms with E-state index in [9.17, 15) is 8.42 Å². The van der Waals surface area contributed by atoms with Gasteiger partial charge in [0.15, 0.2) is 0 Å². The van der Waals surface area contributed by atoms with Crippen molar-refractivity contribution in [3.63, 3.8) is 0 Å². The third-order valence-corrected chi connectivity index (χ3v) is 5.38. The Kier molecular flexibility index (Phi) is 6.60. The molecule has 1 rings (SSSR count). The average Bonchev–Trinajstić information content (AvgIpc) is 2.74. The van der Waals surface area contributed by atoms with Crippen molar-refractivity contribution in [3.8, 4) is 0 Å². The van der Waals surface area contributed by atoms with Gasteiger partial charge in [-0.05, 0) is 39.2 Å². The fourth-order valence-corrected chi connectivity index (χ4v) is 3.37. The zero-order valence-electron chi connectivity index (χ0n) is 11.8. The lowest BCUT2D eigenvalue weighted by Gasteiger charge is -2.24. The Bertz CT molecular complexity index is 329. The van der Waals surface area contributed by atoms with E-state index in [1.165, 1.54) is 0 Å². The maximum atomic E-state index is 11.5. The molecule has 3 unspecified atom stereocenters. The second kappa shape index (κ2) is 7.46. The Morgan fingerprint density at radius 2 is 2.06 bits per heavy atom. The highest BCUT2D eigenvalue weighted by Crippen LogP contribution is 2.23. The minimum absolute atomic E-state index is 0.246.